The molecule has 2 aromatic heterocycles. The number of para-hydroxylation sites is 1. The molecule has 0 bridgehead atoms. The zero-order valence-electron chi connectivity index (χ0n) is 36.9. The largest absolute Gasteiger partial charge is 0.456 e. The van der Waals surface area contributed by atoms with Gasteiger partial charge >= 0.3 is 0 Å². The molecule has 0 unspecified atom stereocenters. The van der Waals surface area contributed by atoms with Gasteiger partial charge in [-0.05, 0) is 128 Å². The molecule has 0 aliphatic heterocycles. The van der Waals surface area contributed by atoms with Crippen molar-refractivity contribution in [2.45, 2.75) is 5.41 Å². The van der Waals surface area contributed by atoms with Crippen LogP contribution in [-0.4, -0.2) is 0 Å². The van der Waals surface area contributed by atoms with Crippen LogP contribution in [0.5, 0.6) is 0 Å². The Bertz CT molecular complexity index is 4040. The van der Waals surface area contributed by atoms with Gasteiger partial charge in [-0.2, -0.15) is 0 Å². The molecule has 2 heterocycles. The van der Waals surface area contributed by atoms with E-state index < -0.39 is 5.41 Å². The van der Waals surface area contributed by atoms with E-state index in [1.807, 2.05) is 23.5 Å². The van der Waals surface area contributed by atoms with Crippen molar-refractivity contribution in [1.82, 2.24) is 0 Å². The molecule has 3 heteroatoms. The molecule has 0 fully saturated rings. The lowest BCUT2D eigenvalue weighted by molar-refractivity contribution is 0.669. The Hall–Kier alpha value is -8.50. The van der Waals surface area contributed by atoms with Crippen molar-refractivity contribution in [1.29, 1.82) is 0 Å². The van der Waals surface area contributed by atoms with Crippen molar-refractivity contribution < 1.29 is 4.42 Å². The van der Waals surface area contributed by atoms with Crippen LogP contribution in [0.1, 0.15) is 22.3 Å². The minimum Gasteiger partial charge on any atom is -0.456 e. The van der Waals surface area contributed by atoms with E-state index in [0.29, 0.717) is 0 Å². The predicted molar refractivity (Wildman–Crippen MR) is 287 cm³/mol. The highest BCUT2D eigenvalue weighted by Crippen LogP contribution is 2.56. The van der Waals surface area contributed by atoms with Gasteiger partial charge in [-0.25, -0.2) is 0 Å². The Morgan fingerprint density at radius 1 is 0.324 bits per heavy atom. The molecule has 14 rings (SSSR count). The fourth-order valence-corrected chi connectivity index (χ4v) is 12.4. The first-order valence-electron chi connectivity index (χ1n) is 23.3. The van der Waals surface area contributed by atoms with Crippen molar-refractivity contribution in [3.8, 4) is 33.4 Å². The number of fused-ring (bicyclic) bond motifs is 10. The summed E-state index contributed by atoms with van der Waals surface area (Å²) in [7, 11) is 0. The molecule has 1 aliphatic rings. The maximum Gasteiger partial charge on any atom is 0.135 e. The lowest BCUT2D eigenvalue weighted by Crippen LogP contribution is -2.28. The second kappa shape index (κ2) is 15.3. The summed E-state index contributed by atoms with van der Waals surface area (Å²) in [6, 6.07) is 91.5. The van der Waals surface area contributed by atoms with Crippen LogP contribution >= 0.6 is 11.3 Å². The summed E-state index contributed by atoms with van der Waals surface area (Å²) in [5.74, 6) is 0. The molecule has 2 nitrogen and oxygen atoms in total. The Balaban J connectivity index is 0.940. The normalized spacial score (nSPS) is 12.8. The number of thiophene rings is 1. The first kappa shape index (κ1) is 38.7. The second-order valence-electron chi connectivity index (χ2n) is 17.9. The number of anilines is 3. The van der Waals surface area contributed by atoms with E-state index in [1.165, 1.54) is 75.5 Å². The summed E-state index contributed by atoms with van der Waals surface area (Å²) < 4.78 is 8.83. The van der Waals surface area contributed by atoms with E-state index in [9.17, 15) is 0 Å². The topological polar surface area (TPSA) is 16.4 Å². The van der Waals surface area contributed by atoms with Crippen LogP contribution in [-0.2, 0) is 5.41 Å². The summed E-state index contributed by atoms with van der Waals surface area (Å²) in [5.41, 5.74) is 17.0. The second-order valence-corrected chi connectivity index (χ2v) is 19.0. The molecule has 0 spiro atoms. The van der Waals surface area contributed by atoms with Crippen molar-refractivity contribution in [2.75, 3.05) is 4.90 Å². The third kappa shape index (κ3) is 5.83. The monoisotopic (exact) mass is 883 g/mol. The predicted octanol–water partition coefficient (Wildman–Crippen LogP) is 18.3. The number of nitrogens with zero attached hydrogens (tertiary/aromatic N) is 1. The molecule has 0 N–H and O–H groups in total. The number of hydrogen-bond acceptors (Lipinski definition) is 3. The average molecular weight is 884 g/mol. The third-order valence-corrected chi connectivity index (χ3v) is 15.5. The van der Waals surface area contributed by atoms with Gasteiger partial charge in [0.05, 0.1) is 11.1 Å². The minimum absolute atomic E-state index is 0.482. The van der Waals surface area contributed by atoms with Crippen LogP contribution < -0.4 is 4.90 Å². The van der Waals surface area contributed by atoms with Crippen molar-refractivity contribution in [3.63, 3.8) is 0 Å². The fraction of sp³-hybridized carbons (Fsp3) is 0.0154. The van der Waals surface area contributed by atoms with Crippen LogP contribution in [0.4, 0.5) is 17.1 Å². The maximum atomic E-state index is 6.20. The molecule has 0 radical (unpaired) electrons. The highest BCUT2D eigenvalue weighted by Gasteiger charge is 2.45. The van der Waals surface area contributed by atoms with Crippen molar-refractivity contribution in [3.05, 3.63) is 271 Å². The summed E-state index contributed by atoms with van der Waals surface area (Å²) >= 11 is 1.86. The SMILES string of the molecule is c1ccc(C2(c3ccc(N(c4ccc(-c5ccc6oc7ccccc7c6c5)cc4)c4ccc(-c5ccc6sc7ccccc7c6c5)c5ccccc45)cc3)c3ccccc3-c3ccccc32)cc1. The van der Waals surface area contributed by atoms with Gasteiger partial charge < -0.3 is 9.32 Å². The van der Waals surface area contributed by atoms with Gasteiger partial charge in [0.1, 0.15) is 11.2 Å². The first-order valence-corrected chi connectivity index (χ1v) is 24.1. The van der Waals surface area contributed by atoms with Crippen LogP contribution in [0.2, 0.25) is 0 Å². The van der Waals surface area contributed by atoms with E-state index in [2.05, 4.69) is 241 Å². The lowest BCUT2D eigenvalue weighted by Gasteiger charge is -2.34. The van der Waals surface area contributed by atoms with Crippen molar-refractivity contribution in [2.24, 2.45) is 0 Å². The molecular weight excluding hydrogens is 843 g/mol. The molecular formula is C65H41NOS. The Kier molecular flexibility index (Phi) is 8.71. The van der Waals surface area contributed by atoms with Crippen molar-refractivity contribution >= 4 is 81.3 Å². The first-order chi connectivity index (χ1) is 33.7. The quantitative estimate of drug-likeness (QED) is 0.159. The standard InChI is InChI=1S/C65H41NOS/c1-2-14-45(15-3-1)65(58-22-10-6-17-51(58)52-18-7-11-23-59(52)65)46-30-34-48(35-31-46)66(47-32-26-42(27-33-47)43-28-38-62-56(40-43)54-20-8-12-24-61(54)67-62)60-37-36-49(50-16-4-5-19-53(50)60)44-29-39-64-57(41-44)55-21-9-13-25-63(55)68-64/h1-41H. The van der Waals surface area contributed by atoms with Gasteiger partial charge in [0.25, 0.3) is 0 Å². The molecule has 13 aromatic rings. The highest BCUT2D eigenvalue weighted by molar-refractivity contribution is 7.25. The Morgan fingerprint density at radius 3 is 1.63 bits per heavy atom. The van der Waals surface area contributed by atoms with Gasteiger partial charge in [-0.15, -0.1) is 11.3 Å². The van der Waals surface area contributed by atoms with Gasteiger partial charge in [0.2, 0.25) is 0 Å². The number of hydrogen-bond donors (Lipinski definition) is 0. The Morgan fingerprint density at radius 2 is 0.868 bits per heavy atom. The zero-order chi connectivity index (χ0) is 44.8. The summed E-state index contributed by atoms with van der Waals surface area (Å²) in [5, 5.41) is 7.27. The van der Waals surface area contributed by atoms with Crippen LogP contribution in [0.15, 0.2) is 253 Å². The maximum absolute atomic E-state index is 6.20. The van der Waals surface area contributed by atoms with E-state index in [4.69, 9.17) is 4.42 Å². The third-order valence-electron chi connectivity index (χ3n) is 14.4. The summed E-state index contributed by atoms with van der Waals surface area (Å²) in [6.07, 6.45) is 0. The van der Waals surface area contributed by atoms with Gasteiger partial charge in [0, 0.05) is 47.7 Å². The van der Waals surface area contributed by atoms with Crippen LogP contribution in [0.25, 0.3) is 86.3 Å². The summed E-state index contributed by atoms with van der Waals surface area (Å²) in [4.78, 5) is 2.44. The van der Waals surface area contributed by atoms with Gasteiger partial charge in [-0.3, -0.25) is 0 Å². The molecule has 11 aromatic carbocycles. The van der Waals surface area contributed by atoms with E-state index in [0.717, 1.165) is 50.1 Å². The molecule has 318 valence electrons. The summed E-state index contributed by atoms with van der Waals surface area (Å²) in [6.45, 7) is 0. The number of furan rings is 1. The Labute approximate surface area is 398 Å². The molecule has 1 aliphatic carbocycles. The van der Waals surface area contributed by atoms with E-state index >= 15 is 0 Å². The molecule has 0 atom stereocenters. The van der Waals surface area contributed by atoms with Gasteiger partial charge in [0.15, 0.2) is 0 Å². The molecule has 0 saturated carbocycles. The average Bonchev–Trinajstić information content (AvgIpc) is 4.07. The number of benzene rings is 11. The highest BCUT2D eigenvalue weighted by atomic mass is 32.1. The van der Waals surface area contributed by atoms with E-state index in [-0.39, 0.29) is 0 Å². The van der Waals surface area contributed by atoms with Crippen LogP contribution in [0.3, 0.4) is 0 Å². The lowest BCUT2D eigenvalue weighted by atomic mass is 9.68. The zero-order valence-corrected chi connectivity index (χ0v) is 37.8. The van der Waals surface area contributed by atoms with Crippen LogP contribution in [0, 0.1) is 0 Å². The minimum atomic E-state index is -0.482. The van der Waals surface area contributed by atoms with E-state index in [1.54, 1.807) is 0 Å². The smallest absolute Gasteiger partial charge is 0.135 e. The molecule has 0 saturated heterocycles. The molecule has 0 amide bonds. The number of rotatable bonds is 7. The molecule has 68 heavy (non-hydrogen) atoms. The fourth-order valence-electron chi connectivity index (χ4n) is 11.3. The van der Waals surface area contributed by atoms with Gasteiger partial charge in [-0.1, -0.05) is 182 Å².